The number of hydrogen-bond donors (Lipinski definition) is 1. The molecular formula is C19H24ClNO. The number of hydrogen-bond acceptors (Lipinski definition) is 2. The minimum atomic E-state index is 0.560. The lowest BCUT2D eigenvalue weighted by atomic mass is 10.2. The smallest absolute Gasteiger partial charge is 0.120 e. The predicted octanol–water partition coefficient (Wildman–Crippen LogP) is 5.20. The Morgan fingerprint density at radius 1 is 1.00 bits per heavy atom. The second kappa shape index (κ2) is 9.50. The van der Waals surface area contributed by atoms with Crippen LogP contribution in [0.2, 0.25) is 5.02 Å². The third-order valence-corrected chi connectivity index (χ3v) is 3.76. The quantitative estimate of drug-likeness (QED) is 0.642. The minimum absolute atomic E-state index is 0.560. The molecular weight excluding hydrogens is 294 g/mol. The highest BCUT2D eigenvalue weighted by Crippen LogP contribution is 2.16. The first-order valence-electron chi connectivity index (χ1n) is 7.95. The summed E-state index contributed by atoms with van der Waals surface area (Å²) in [5.41, 5.74) is 2.37. The van der Waals surface area contributed by atoms with Crippen molar-refractivity contribution in [1.82, 2.24) is 5.32 Å². The molecule has 0 saturated heterocycles. The van der Waals surface area contributed by atoms with Crippen molar-refractivity contribution in [2.24, 2.45) is 0 Å². The van der Waals surface area contributed by atoms with Crippen molar-refractivity contribution in [1.29, 1.82) is 0 Å². The molecule has 3 heteroatoms. The topological polar surface area (TPSA) is 21.3 Å². The molecule has 2 rings (SSSR count). The maximum atomic E-state index is 5.88. The summed E-state index contributed by atoms with van der Waals surface area (Å²) in [6, 6.07) is 16.0. The Labute approximate surface area is 138 Å². The van der Waals surface area contributed by atoms with Crippen molar-refractivity contribution in [2.45, 2.75) is 39.3 Å². The van der Waals surface area contributed by atoms with Gasteiger partial charge in [-0.2, -0.15) is 0 Å². The molecule has 118 valence electrons. The molecule has 2 aromatic carbocycles. The maximum absolute atomic E-state index is 5.88. The van der Waals surface area contributed by atoms with Gasteiger partial charge in [0.05, 0.1) is 0 Å². The summed E-state index contributed by atoms with van der Waals surface area (Å²) in [6.45, 7) is 4.75. The summed E-state index contributed by atoms with van der Waals surface area (Å²) in [5, 5.41) is 4.22. The van der Waals surface area contributed by atoms with Gasteiger partial charge in [-0.3, -0.25) is 0 Å². The van der Waals surface area contributed by atoms with Crippen LogP contribution in [0.25, 0.3) is 0 Å². The third-order valence-electron chi connectivity index (χ3n) is 3.50. The van der Waals surface area contributed by atoms with E-state index in [1.807, 2.05) is 36.4 Å². The first-order chi connectivity index (χ1) is 10.8. The molecule has 0 fully saturated rings. The lowest BCUT2D eigenvalue weighted by Crippen LogP contribution is -2.14. The second-order valence-corrected chi connectivity index (χ2v) is 5.88. The van der Waals surface area contributed by atoms with Crippen molar-refractivity contribution in [3.63, 3.8) is 0 Å². The molecule has 0 unspecified atom stereocenters. The second-order valence-electron chi connectivity index (χ2n) is 5.45. The molecule has 2 aromatic rings. The molecule has 0 radical (unpaired) electrons. The van der Waals surface area contributed by atoms with Gasteiger partial charge in [-0.05, 0) is 48.4 Å². The number of rotatable bonds is 9. The molecule has 0 aromatic heterocycles. The summed E-state index contributed by atoms with van der Waals surface area (Å²) in [7, 11) is 0. The van der Waals surface area contributed by atoms with Crippen LogP contribution in [0.15, 0.2) is 48.5 Å². The van der Waals surface area contributed by atoms with Crippen LogP contribution in [0, 0.1) is 0 Å². The van der Waals surface area contributed by atoms with E-state index < -0.39 is 0 Å². The van der Waals surface area contributed by atoms with E-state index in [-0.39, 0.29) is 0 Å². The van der Waals surface area contributed by atoms with Gasteiger partial charge in [-0.15, -0.1) is 0 Å². The van der Waals surface area contributed by atoms with Crippen molar-refractivity contribution < 1.29 is 4.74 Å². The Hall–Kier alpha value is -1.51. The molecule has 0 bridgehead atoms. The van der Waals surface area contributed by atoms with Crippen LogP contribution in [-0.4, -0.2) is 6.54 Å². The number of nitrogens with one attached hydrogen (secondary N) is 1. The molecule has 1 N–H and O–H groups in total. The summed E-state index contributed by atoms with van der Waals surface area (Å²) >= 11 is 5.88. The zero-order valence-electron chi connectivity index (χ0n) is 13.1. The van der Waals surface area contributed by atoms with Crippen LogP contribution in [0.3, 0.4) is 0 Å². The van der Waals surface area contributed by atoms with E-state index in [0.717, 1.165) is 29.4 Å². The van der Waals surface area contributed by atoms with Gasteiger partial charge in [-0.25, -0.2) is 0 Å². The van der Waals surface area contributed by atoms with Gasteiger partial charge in [0.25, 0.3) is 0 Å². The van der Waals surface area contributed by atoms with Gasteiger partial charge >= 0.3 is 0 Å². The number of unbranched alkanes of at least 4 members (excludes halogenated alkanes) is 2. The summed E-state index contributed by atoms with van der Waals surface area (Å²) in [5.74, 6) is 0.905. The average molecular weight is 318 g/mol. The third kappa shape index (κ3) is 6.08. The molecule has 0 atom stereocenters. The van der Waals surface area contributed by atoms with E-state index in [1.54, 1.807) is 0 Å². The fourth-order valence-corrected chi connectivity index (χ4v) is 2.35. The number of ether oxygens (including phenoxy) is 1. The summed E-state index contributed by atoms with van der Waals surface area (Å²) < 4.78 is 5.85. The van der Waals surface area contributed by atoms with E-state index >= 15 is 0 Å². The van der Waals surface area contributed by atoms with Gasteiger partial charge in [-0.1, -0.05) is 55.6 Å². The average Bonchev–Trinajstić information content (AvgIpc) is 2.55. The molecule has 0 amide bonds. The van der Waals surface area contributed by atoms with Crippen LogP contribution in [0.4, 0.5) is 0 Å². The van der Waals surface area contributed by atoms with Gasteiger partial charge < -0.3 is 10.1 Å². The first kappa shape index (κ1) is 16.9. The molecule has 22 heavy (non-hydrogen) atoms. The van der Waals surface area contributed by atoms with Gasteiger partial charge in [0, 0.05) is 11.6 Å². The highest BCUT2D eigenvalue weighted by atomic mass is 35.5. The van der Waals surface area contributed by atoms with Crippen molar-refractivity contribution in [2.75, 3.05) is 6.54 Å². The molecule has 0 aliphatic carbocycles. The normalized spacial score (nSPS) is 10.6. The van der Waals surface area contributed by atoms with E-state index in [4.69, 9.17) is 16.3 Å². The van der Waals surface area contributed by atoms with Crippen LogP contribution in [0.5, 0.6) is 5.75 Å². The molecule has 2 nitrogen and oxygen atoms in total. The van der Waals surface area contributed by atoms with Crippen molar-refractivity contribution in [3.05, 3.63) is 64.7 Å². The molecule has 0 spiro atoms. The molecule has 0 aliphatic rings. The van der Waals surface area contributed by atoms with Gasteiger partial charge in [0.2, 0.25) is 0 Å². The van der Waals surface area contributed by atoms with E-state index in [2.05, 4.69) is 24.4 Å². The Morgan fingerprint density at radius 2 is 1.82 bits per heavy atom. The Balaban J connectivity index is 1.79. The van der Waals surface area contributed by atoms with Crippen molar-refractivity contribution >= 4 is 11.6 Å². The minimum Gasteiger partial charge on any atom is -0.489 e. The Morgan fingerprint density at radius 3 is 2.59 bits per heavy atom. The van der Waals surface area contributed by atoms with Crippen LogP contribution >= 0.6 is 11.6 Å². The largest absolute Gasteiger partial charge is 0.489 e. The zero-order chi connectivity index (χ0) is 15.6. The van der Waals surface area contributed by atoms with E-state index in [1.165, 1.54) is 24.8 Å². The SMILES string of the molecule is CCCCCNCc1cccc(OCc2ccc(Cl)cc2)c1. The van der Waals surface area contributed by atoms with E-state index in [0.29, 0.717) is 6.61 Å². The lowest BCUT2D eigenvalue weighted by Gasteiger charge is -2.09. The van der Waals surface area contributed by atoms with Crippen molar-refractivity contribution in [3.8, 4) is 5.75 Å². The van der Waals surface area contributed by atoms with E-state index in [9.17, 15) is 0 Å². The number of benzene rings is 2. The molecule has 0 heterocycles. The van der Waals surface area contributed by atoms with Gasteiger partial charge in [0.15, 0.2) is 0 Å². The molecule has 0 saturated carbocycles. The lowest BCUT2D eigenvalue weighted by molar-refractivity contribution is 0.306. The standard InChI is InChI=1S/C19H24ClNO/c1-2-3-4-12-21-14-17-6-5-7-19(13-17)22-15-16-8-10-18(20)11-9-16/h5-11,13,21H,2-4,12,14-15H2,1H3. The monoisotopic (exact) mass is 317 g/mol. The highest BCUT2D eigenvalue weighted by Gasteiger charge is 1.99. The fraction of sp³-hybridized carbons (Fsp3) is 0.368. The zero-order valence-corrected chi connectivity index (χ0v) is 13.9. The van der Waals surface area contributed by atoms with Gasteiger partial charge in [0.1, 0.15) is 12.4 Å². The Kier molecular flexibility index (Phi) is 7.27. The predicted molar refractivity (Wildman–Crippen MR) is 93.5 cm³/mol. The maximum Gasteiger partial charge on any atom is 0.120 e. The first-order valence-corrected chi connectivity index (χ1v) is 8.32. The Bertz CT molecular complexity index is 554. The van der Waals surface area contributed by atoms with Crippen LogP contribution < -0.4 is 10.1 Å². The number of halogens is 1. The summed E-state index contributed by atoms with van der Waals surface area (Å²) in [6.07, 6.45) is 3.79. The fourth-order valence-electron chi connectivity index (χ4n) is 2.23. The van der Waals surface area contributed by atoms with Crippen LogP contribution in [-0.2, 0) is 13.2 Å². The summed E-state index contributed by atoms with van der Waals surface area (Å²) in [4.78, 5) is 0. The highest BCUT2D eigenvalue weighted by molar-refractivity contribution is 6.30. The van der Waals surface area contributed by atoms with Crippen LogP contribution in [0.1, 0.15) is 37.3 Å². The molecule has 0 aliphatic heterocycles.